The maximum absolute atomic E-state index is 12.1. The standard InChI is InChI=1S/C13H14F2N2OS/c1-8-12(19-9(2)17-8)7-16-10-4-3-5-11(6-10)18-13(14)15/h3-6,13,16H,7H2,1-2H3. The molecule has 2 rings (SSSR count). The van der Waals surface area contributed by atoms with Crippen LogP contribution in [0.1, 0.15) is 15.6 Å². The van der Waals surface area contributed by atoms with Crippen molar-refractivity contribution < 1.29 is 13.5 Å². The average molecular weight is 284 g/mol. The van der Waals surface area contributed by atoms with Crippen molar-refractivity contribution >= 4 is 17.0 Å². The number of benzene rings is 1. The summed E-state index contributed by atoms with van der Waals surface area (Å²) in [5, 5.41) is 4.19. The monoisotopic (exact) mass is 284 g/mol. The number of nitrogens with zero attached hydrogens (tertiary/aromatic N) is 1. The van der Waals surface area contributed by atoms with Gasteiger partial charge in [0.05, 0.1) is 17.2 Å². The number of rotatable bonds is 5. The van der Waals surface area contributed by atoms with Crippen LogP contribution in [-0.4, -0.2) is 11.6 Å². The minimum absolute atomic E-state index is 0.150. The molecule has 0 atom stereocenters. The number of anilines is 1. The molecule has 0 aliphatic rings. The molecule has 0 fully saturated rings. The van der Waals surface area contributed by atoms with E-state index in [1.54, 1.807) is 23.5 Å². The van der Waals surface area contributed by atoms with Crippen LogP contribution in [0.15, 0.2) is 24.3 Å². The van der Waals surface area contributed by atoms with Gasteiger partial charge in [0.1, 0.15) is 5.75 Å². The first kappa shape index (κ1) is 13.7. The number of nitrogens with one attached hydrogen (secondary N) is 1. The molecule has 1 heterocycles. The zero-order valence-corrected chi connectivity index (χ0v) is 11.4. The fourth-order valence-corrected chi connectivity index (χ4v) is 2.58. The molecule has 0 saturated heterocycles. The van der Waals surface area contributed by atoms with Crippen molar-refractivity contribution in [3.05, 3.63) is 39.8 Å². The highest BCUT2D eigenvalue weighted by Gasteiger charge is 2.06. The lowest BCUT2D eigenvalue weighted by atomic mass is 10.3. The first-order valence-corrected chi connectivity index (χ1v) is 6.58. The number of ether oxygens (including phenoxy) is 1. The Morgan fingerprint density at radius 3 is 2.79 bits per heavy atom. The summed E-state index contributed by atoms with van der Waals surface area (Å²) in [6.45, 7) is 1.73. The Morgan fingerprint density at radius 1 is 1.37 bits per heavy atom. The predicted molar refractivity (Wildman–Crippen MR) is 72.0 cm³/mol. The van der Waals surface area contributed by atoms with Crippen molar-refractivity contribution in [2.45, 2.75) is 27.0 Å². The van der Waals surface area contributed by atoms with Crippen LogP contribution >= 0.6 is 11.3 Å². The second kappa shape index (κ2) is 5.97. The number of aromatic nitrogens is 1. The Balaban J connectivity index is 2.01. The number of alkyl halides is 2. The maximum atomic E-state index is 12.1. The van der Waals surface area contributed by atoms with Crippen LogP contribution in [0.5, 0.6) is 5.75 Å². The van der Waals surface area contributed by atoms with Gasteiger partial charge in [-0.25, -0.2) is 4.98 Å². The van der Waals surface area contributed by atoms with Crippen LogP contribution in [0.25, 0.3) is 0 Å². The van der Waals surface area contributed by atoms with E-state index in [1.807, 2.05) is 19.9 Å². The second-order valence-electron chi connectivity index (χ2n) is 4.00. The summed E-state index contributed by atoms with van der Waals surface area (Å²) in [4.78, 5) is 5.47. The molecule has 19 heavy (non-hydrogen) atoms. The zero-order chi connectivity index (χ0) is 13.8. The minimum Gasteiger partial charge on any atom is -0.435 e. The van der Waals surface area contributed by atoms with Gasteiger partial charge in [-0.15, -0.1) is 11.3 Å². The minimum atomic E-state index is -2.80. The molecule has 0 aliphatic carbocycles. The molecule has 1 aromatic carbocycles. The summed E-state index contributed by atoms with van der Waals surface area (Å²) in [5.41, 5.74) is 1.73. The topological polar surface area (TPSA) is 34.2 Å². The van der Waals surface area contributed by atoms with Crippen LogP contribution in [0.2, 0.25) is 0 Å². The van der Waals surface area contributed by atoms with E-state index >= 15 is 0 Å². The van der Waals surface area contributed by atoms with Gasteiger partial charge in [0.15, 0.2) is 0 Å². The highest BCUT2D eigenvalue weighted by atomic mass is 32.1. The molecule has 2 aromatic rings. The van der Waals surface area contributed by atoms with Gasteiger partial charge in [0, 0.05) is 16.6 Å². The van der Waals surface area contributed by atoms with Crippen LogP contribution < -0.4 is 10.1 Å². The predicted octanol–water partition coefficient (Wildman–Crippen LogP) is 3.97. The SMILES string of the molecule is Cc1nc(C)c(CNc2cccc(OC(F)F)c2)s1. The normalized spacial score (nSPS) is 10.8. The zero-order valence-electron chi connectivity index (χ0n) is 10.6. The van der Waals surface area contributed by atoms with Crippen molar-refractivity contribution in [3.63, 3.8) is 0 Å². The lowest BCUT2D eigenvalue weighted by Gasteiger charge is -2.08. The van der Waals surface area contributed by atoms with Crippen molar-refractivity contribution in [1.82, 2.24) is 4.98 Å². The average Bonchev–Trinajstić information content (AvgIpc) is 2.65. The summed E-state index contributed by atoms with van der Waals surface area (Å²) in [6, 6.07) is 6.53. The largest absolute Gasteiger partial charge is 0.435 e. The van der Waals surface area contributed by atoms with Gasteiger partial charge < -0.3 is 10.1 Å². The fraction of sp³-hybridized carbons (Fsp3) is 0.308. The van der Waals surface area contributed by atoms with E-state index in [1.165, 1.54) is 6.07 Å². The van der Waals surface area contributed by atoms with Gasteiger partial charge in [-0.1, -0.05) is 6.07 Å². The number of thiazole rings is 1. The molecule has 0 bridgehead atoms. The van der Waals surface area contributed by atoms with Crippen LogP contribution in [0.3, 0.4) is 0 Å². The van der Waals surface area contributed by atoms with Crippen LogP contribution in [-0.2, 0) is 6.54 Å². The molecule has 1 aromatic heterocycles. The molecule has 0 amide bonds. The van der Waals surface area contributed by atoms with Crippen molar-refractivity contribution in [2.24, 2.45) is 0 Å². The Hall–Kier alpha value is -1.69. The van der Waals surface area contributed by atoms with Crippen molar-refractivity contribution in [1.29, 1.82) is 0 Å². The number of halogens is 2. The van der Waals surface area contributed by atoms with Gasteiger partial charge in [0.2, 0.25) is 0 Å². The summed E-state index contributed by atoms with van der Waals surface area (Å²) >= 11 is 1.62. The Morgan fingerprint density at radius 2 is 2.16 bits per heavy atom. The summed E-state index contributed by atoms with van der Waals surface area (Å²) in [6.07, 6.45) is 0. The van der Waals surface area contributed by atoms with Crippen molar-refractivity contribution in [3.8, 4) is 5.75 Å². The molecule has 6 heteroatoms. The first-order valence-electron chi connectivity index (χ1n) is 5.76. The van der Waals surface area contributed by atoms with Gasteiger partial charge in [0.25, 0.3) is 0 Å². The number of aryl methyl sites for hydroxylation is 2. The van der Waals surface area contributed by atoms with Crippen LogP contribution in [0.4, 0.5) is 14.5 Å². The van der Waals surface area contributed by atoms with E-state index in [4.69, 9.17) is 0 Å². The highest BCUT2D eigenvalue weighted by Crippen LogP contribution is 2.22. The smallest absolute Gasteiger partial charge is 0.387 e. The Kier molecular flexibility index (Phi) is 4.31. The molecule has 0 spiro atoms. The summed E-state index contributed by atoms with van der Waals surface area (Å²) in [7, 11) is 0. The molecule has 0 radical (unpaired) electrons. The molecular formula is C13H14F2N2OS. The quantitative estimate of drug-likeness (QED) is 0.902. The maximum Gasteiger partial charge on any atom is 0.387 e. The third-order valence-electron chi connectivity index (χ3n) is 2.51. The summed E-state index contributed by atoms with van der Waals surface area (Å²) in [5.74, 6) is 0.150. The van der Waals surface area contributed by atoms with Gasteiger partial charge in [-0.3, -0.25) is 0 Å². The molecule has 0 aliphatic heterocycles. The summed E-state index contributed by atoms with van der Waals surface area (Å²) < 4.78 is 28.6. The van der Waals surface area contributed by atoms with Gasteiger partial charge >= 0.3 is 6.61 Å². The third-order valence-corrected chi connectivity index (χ3v) is 3.58. The van der Waals surface area contributed by atoms with E-state index in [9.17, 15) is 8.78 Å². The lowest BCUT2D eigenvalue weighted by Crippen LogP contribution is -2.03. The first-order chi connectivity index (χ1) is 9.04. The van der Waals surface area contributed by atoms with E-state index < -0.39 is 6.61 Å². The molecule has 102 valence electrons. The van der Waals surface area contributed by atoms with Gasteiger partial charge in [-0.05, 0) is 26.0 Å². The lowest BCUT2D eigenvalue weighted by molar-refractivity contribution is -0.0498. The van der Waals surface area contributed by atoms with E-state index in [0.717, 1.165) is 21.3 Å². The fourth-order valence-electron chi connectivity index (χ4n) is 1.70. The van der Waals surface area contributed by atoms with Gasteiger partial charge in [-0.2, -0.15) is 8.78 Å². The molecule has 1 N–H and O–H groups in total. The molecule has 0 saturated carbocycles. The Bertz CT molecular complexity index is 557. The van der Waals surface area contributed by atoms with E-state index in [0.29, 0.717) is 6.54 Å². The second-order valence-corrected chi connectivity index (χ2v) is 5.29. The van der Waals surface area contributed by atoms with Crippen LogP contribution in [0, 0.1) is 13.8 Å². The number of hydrogen-bond donors (Lipinski definition) is 1. The van der Waals surface area contributed by atoms with E-state index in [-0.39, 0.29) is 5.75 Å². The number of hydrogen-bond acceptors (Lipinski definition) is 4. The highest BCUT2D eigenvalue weighted by molar-refractivity contribution is 7.11. The molecular weight excluding hydrogens is 270 g/mol. The Labute approximate surface area is 114 Å². The van der Waals surface area contributed by atoms with Crippen molar-refractivity contribution in [2.75, 3.05) is 5.32 Å². The third kappa shape index (κ3) is 3.89. The molecule has 3 nitrogen and oxygen atoms in total. The van der Waals surface area contributed by atoms with E-state index in [2.05, 4.69) is 15.0 Å². The molecule has 0 unspecified atom stereocenters.